The quantitative estimate of drug-likeness (QED) is 0.481. The van der Waals surface area contributed by atoms with E-state index < -0.39 is 15.9 Å². The summed E-state index contributed by atoms with van der Waals surface area (Å²) >= 11 is 0. The van der Waals surface area contributed by atoms with Crippen molar-refractivity contribution in [1.29, 1.82) is 0 Å². The van der Waals surface area contributed by atoms with Gasteiger partial charge in [0.05, 0.1) is 10.6 Å². The number of para-hydroxylation sites is 1. The van der Waals surface area contributed by atoms with Crippen LogP contribution < -0.4 is 14.9 Å². The Labute approximate surface area is 180 Å². The Morgan fingerprint density at radius 2 is 1.39 bits per heavy atom. The second-order valence-electron chi connectivity index (χ2n) is 7.26. The van der Waals surface area contributed by atoms with Gasteiger partial charge in [-0.15, -0.1) is 0 Å². The minimum atomic E-state index is -3.76. The van der Waals surface area contributed by atoms with Crippen LogP contribution in [0, 0.1) is 0 Å². The van der Waals surface area contributed by atoms with Gasteiger partial charge >= 0.3 is 0 Å². The number of anilines is 4. The third kappa shape index (κ3) is 3.49. The molecule has 0 spiro atoms. The monoisotopic (exact) mass is 429 g/mol. The molecular formula is C24H19N3O3S. The number of hydrogen-bond acceptors (Lipinski definition) is 4. The minimum absolute atomic E-state index is 0.240. The van der Waals surface area contributed by atoms with Crippen LogP contribution in [-0.4, -0.2) is 20.9 Å². The first-order valence-electron chi connectivity index (χ1n) is 9.79. The molecule has 0 radical (unpaired) electrons. The number of amides is 1. The molecule has 0 fully saturated rings. The summed E-state index contributed by atoms with van der Waals surface area (Å²) in [6, 6.07) is 27.6. The molecule has 31 heavy (non-hydrogen) atoms. The number of carbonyl (C=O) groups is 1. The van der Waals surface area contributed by atoms with Crippen molar-refractivity contribution in [3.63, 3.8) is 0 Å². The third-order valence-corrected chi connectivity index (χ3v) is 7.00. The zero-order chi connectivity index (χ0) is 21.4. The lowest BCUT2D eigenvalue weighted by Crippen LogP contribution is -2.35. The fourth-order valence-electron chi connectivity index (χ4n) is 3.78. The van der Waals surface area contributed by atoms with Crippen molar-refractivity contribution in [2.75, 3.05) is 21.5 Å². The molecule has 0 unspecified atom stereocenters. The van der Waals surface area contributed by atoms with Gasteiger partial charge in [-0.25, -0.2) is 8.42 Å². The number of carbonyl (C=O) groups excluding carboxylic acids is 1. The van der Waals surface area contributed by atoms with E-state index in [1.807, 2.05) is 54.6 Å². The van der Waals surface area contributed by atoms with Crippen LogP contribution in [0.5, 0.6) is 0 Å². The maximum Gasteiger partial charge on any atom is 0.265 e. The zero-order valence-electron chi connectivity index (χ0n) is 16.4. The number of benzene rings is 4. The SMILES string of the molecule is O=C(CN1c2cccc3cccc(c23)S1(=O)=O)Nc1ccc(Nc2ccccc2)cc1. The Morgan fingerprint density at radius 3 is 2.13 bits per heavy atom. The molecule has 1 aliphatic heterocycles. The van der Waals surface area contributed by atoms with E-state index in [2.05, 4.69) is 10.6 Å². The van der Waals surface area contributed by atoms with Gasteiger partial charge in [0.15, 0.2) is 0 Å². The van der Waals surface area contributed by atoms with E-state index in [1.165, 1.54) is 4.31 Å². The van der Waals surface area contributed by atoms with E-state index in [9.17, 15) is 13.2 Å². The minimum Gasteiger partial charge on any atom is -0.356 e. The first-order chi connectivity index (χ1) is 15.0. The summed E-state index contributed by atoms with van der Waals surface area (Å²) < 4.78 is 27.2. The van der Waals surface area contributed by atoms with Gasteiger partial charge in [0.1, 0.15) is 6.54 Å². The lowest BCUT2D eigenvalue weighted by molar-refractivity contribution is -0.114. The Kier molecular flexibility index (Phi) is 4.60. The first-order valence-corrected chi connectivity index (χ1v) is 11.2. The van der Waals surface area contributed by atoms with Gasteiger partial charge in [0.25, 0.3) is 10.0 Å². The highest BCUT2D eigenvalue weighted by molar-refractivity contribution is 7.93. The molecule has 0 aromatic heterocycles. The Hall–Kier alpha value is -3.84. The zero-order valence-corrected chi connectivity index (χ0v) is 17.3. The predicted octanol–water partition coefficient (Wildman–Crippen LogP) is 4.73. The fourth-order valence-corrected chi connectivity index (χ4v) is 5.45. The molecule has 0 saturated carbocycles. The summed E-state index contributed by atoms with van der Waals surface area (Å²) in [6.07, 6.45) is 0. The fraction of sp³-hybridized carbons (Fsp3) is 0.0417. The molecule has 4 aromatic carbocycles. The summed E-state index contributed by atoms with van der Waals surface area (Å²) in [5.41, 5.74) is 2.97. The molecule has 2 N–H and O–H groups in total. The standard InChI is InChI=1S/C24H19N3O3S/c28-23(26-20-14-12-19(13-15-20)25-18-8-2-1-3-9-18)16-27-21-10-4-6-17-7-5-11-22(24(17)21)31(27,29)30/h1-15,25H,16H2,(H,26,28). The van der Waals surface area contributed by atoms with Gasteiger partial charge < -0.3 is 10.6 Å². The molecule has 5 rings (SSSR count). The summed E-state index contributed by atoms with van der Waals surface area (Å²) in [7, 11) is -3.76. The molecule has 0 saturated heterocycles. The van der Waals surface area contributed by atoms with E-state index in [1.54, 1.807) is 36.4 Å². The number of sulfonamides is 1. The largest absolute Gasteiger partial charge is 0.356 e. The van der Waals surface area contributed by atoms with Crippen molar-refractivity contribution in [1.82, 2.24) is 0 Å². The maximum atomic E-state index is 13.0. The van der Waals surface area contributed by atoms with Gasteiger partial charge in [-0.2, -0.15) is 0 Å². The molecule has 154 valence electrons. The van der Waals surface area contributed by atoms with Crippen molar-refractivity contribution < 1.29 is 13.2 Å². The van der Waals surface area contributed by atoms with Crippen molar-refractivity contribution in [3.8, 4) is 0 Å². The van der Waals surface area contributed by atoms with Crippen LogP contribution in [0.4, 0.5) is 22.7 Å². The van der Waals surface area contributed by atoms with Gasteiger partial charge in [0.2, 0.25) is 5.91 Å². The van der Waals surface area contributed by atoms with Crippen molar-refractivity contribution in [3.05, 3.63) is 91.0 Å². The highest BCUT2D eigenvalue weighted by atomic mass is 32.2. The average Bonchev–Trinajstić information content (AvgIpc) is 2.99. The molecule has 4 aromatic rings. The Morgan fingerprint density at radius 1 is 0.742 bits per heavy atom. The topological polar surface area (TPSA) is 78.5 Å². The van der Waals surface area contributed by atoms with Crippen LogP contribution in [0.1, 0.15) is 0 Å². The van der Waals surface area contributed by atoms with Crippen molar-refractivity contribution in [2.45, 2.75) is 4.90 Å². The molecule has 6 nitrogen and oxygen atoms in total. The smallest absolute Gasteiger partial charge is 0.265 e. The molecule has 0 bridgehead atoms. The van der Waals surface area contributed by atoms with Crippen LogP contribution in [0.15, 0.2) is 95.9 Å². The van der Waals surface area contributed by atoms with Gasteiger partial charge in [-0.1, -0.05) is 42.5 Å². The second kappa shape index (κ2) is 7.45. The van der Waals surface area contributed by atoms with E-state index in [4.69, 9.17) is 0 Å². The van der Waals surface area contributed by atoms with Crippen LogP contribution in [0.2, 0.25) is 0 Å². The summed E-state index contributed by atoms with van der Waals surface area (Å²) in [5, 5.41) is 7.56. The number of hydrogen-bond donors (Lipinski definition) is 2. The maximum absolute atomic E-state index is 13.0. The van der Waals surface area contributed by atoms with Gasteiger partial charge in [-0.3, -0.25) is 9.10 Å². The van der Waals surface area contributed by atoms with Gasteiger partial charge in [-0.05, 0) is 53.9 Å². The second-order valence-corrected chi connectivity index (χ2v) is 9.09. The predicted molar refractivity (Wildman–Crippen MR) is 123 cm³/mol. The number of nitrogens with one attached hydrogen (secondary N) is 2. The van der Waals surface area contributed by atoms with E-state index in [0.717, 1.165) is 16.8 Å². The highest BCUT2D eigenvalue weighted by Crippen LogP contribution is 2.41. The number of nitrogens with zero attached hydrogens (tertiary/aromatic N) is 1. The molecule has 0 aliphatic carbocycles. The third-order valence-electron chi connectivity index (χ3n) is 5.20. The molecule has 7 heteroatoms. The number of rotatable bonds is 5. The molecule has 1 aliphatic rings. The van der Waals surface area contributed by atoms with E-state index >= 15 is 0 Å². The molecule has 1 heterocycles. The van der Waals surface area contributed by atoms with E-state index in [0.29, 0.717) is 16.8 Å². The Balaban J connectivity index is 1.32. The first kappa shape index (κ1) is 19.1. The summed E-state index contributed by atoms with van der Waals surface area (Å²) in [6.45, 7) is -0.292. The lowest BCUT2D eigenvalue weighted by atomic mass is 10.1. The Bertz CT molecular complexity index is 1380. The molecule has 0 atom stereocenters. The summed E-state index contributed by atoms with van der Waals surface area (Å²) in [4.78, 5) is 12.9. The summed E-state index contributed by atoms with van der Waals surface area (Å²) in [5.74, 6) is -0.405. The van der Waals surface area contributed by atoms with Crippen molar-refractivity contribution in [2.24, 2.45) is 0 Å². The highest BCUT2D eigenvalue weighted by Gasteiger charge is 2.36. The van der Waals surface area contributed by atoms with Crippen molar-refractivity contribution >= 4 is 49.5 Å². The van der Waals surface area contributed by atoms with Crippen LogP contribution >= 0.6 is 0 Å². The average molecular weight is 430 g/mol. The van der Waals surface area contributed by atoms with E-state index in [-0.39, 0.29) is 11.4 Å². The molecule has 1 amide bonds. The molecular weight excluding hydrogens is 410 g/mol. The normalized spacial score (nSPS) is 13.9. The lowest BCUT2D eigenvalue weighted by Gasteiger charge is -2.18. The van der Waals surface area contributed by atoms with Gasteiger partial charge in [0, 0.05) is 22.4 Å². The van der Waals surface area contributed by atoms with Crippen LogP contribution in [0.3, 0.4) is 0 Å². The van der Waals surface area contributed by atoms with Crippen LogP contribution in [-0.2, 0) is 14.8 Å². The van der Waals surface area contributed by atoms with Crippen LogP contribution in [0.25, 0.3) is 10.8 Å².